The van der Waals surface area contributed by atoms with E-state index in [2.05, 4.69) is 30.4 Å². The Morgan fingerprint density at radius 3 is 2.62 bits per heavy atom. The molecule has 3 aromatic rings. The first-order chi connectivity index (χ1) is 17.9. The number of hydrogen-bond acceptors (Lipinski definition) is 9. The fourth-order valence-corrected chi connectivity index (χ4v) is 4.19. The second-order valence-electron chi connectivity index (χ2n) is 8.77. The number of aldehydes is 1. The lowest BCUT2D eigenvalue weighted by Gasteiger charge is -2.34. The predicted molar refractivity (Wildman–Crippen MR) is 139 cm³/mol. The second kappa shape index (κ2) is 11.8. The Bertz CT molecular complexity index is 1230. The number of aryl methyl sites for hydroxylation is 1. The van der Waals surface area contributed by atoms with Crippen LogP contribution >= 0.6 is 0 Å². The normalized spacial score (nSPS) is 14.0. The van der Waals surface area contributed by atoms with Crippen molar-refractivity contribution in [3.63, 3.8) is 0 Å². The zero-order valence-electron chi connectivity index (χ0n) is 20.7. The Morgan fingerprint density at radius 1 is 1.14 bits per heavy atom. The van der Waals surface area contributed by atoms with Gasteiger partial charge in [0.05, 0.1) is 17.6 Å². The summed E-state index contributed by atoms with van der Waals surface area (Å²) < 4.78 is 31.2. The van der Waals surface area contributed by atoms with Crippen LogP contribution in [0.25, 0.3) is 0 Å². The van der Waals surface area contributed by atoms with Crippen LogP contribution in [-0.2, 0) is 6.42 Å². The molecule has 37 heavy (non-hydrogen) atoms. The largest absolute Gasteiger partial charge is 0.503 e. The predicted octanol–water partition coefficient (Wildman–Crippen LogP) is 4.79. The van der Waals surface area contributed by atoms with Gasteiger partial charge in [-0.05, 0) is 37.2 Å². The smallest absolute Gasteiger partial charge is 0.387 e. The van der Waals surface area contributed by atoms with Crippen molar-refractivity contribution >= 4 is 35.1 Å². The van der Waals surface area contributed by atoms with Crippen LogP contribution < -0.4 is 20.3 Å². The summed E-state index contributed by atoms with van der Waals surface area (Å²) in [5, 5.41) is 16.2. The summed E-state index contributed by atoms with van der Waals surface area (Å²) in [4.78, 5) is 24.4. The number of piperazine rings is 1. The highest BCUT2D eigenvalue weighted by Crippen LogP contribution is 2.34. The number of benzene rings is 2. The van der Waals surface area contributed by atoms with Crippen molar-refractivity contribution in [2.75, 3.05) is 48.8 Å². The molecule has 0 amide bonds. The third-order valence-electron chi connectivity index (χ3n) is 6.15. The molecular formula is C26H30F2N6O3. The Balaban J connectivity index is 1.59. The first-order valence-corrected chi connectivity index (χ1v) is 12.1. The number of hydrogen-bond donors (Lipinski definition) is 3. The lowest BCUT2D eigenvalue weighted by Crippen LogP contribution is -2.44. The molecular weight excluding hydrogens is 482 g/mol. The molecule has 4 rings (SSSR count). The highest BCUT2D eigenvalue weighted by atomic mass is 19.3. The number of nitrogens with one attached hydrogen (secondary N) is 2. The van der Waals surface area contributed by atoms with Crippen LogP contribution in [0.3, 0.4) is 0 Å². The van der Waals surface area contributed by atoms with Crippen LogP contribution in [0.15, 0.2) is 42.6 Å². The zero-order valence-corrected chi connectivity index (χ0v) is 20.7. The molecule has 0 bridgehead atoms. The van der Waals surface area contributed by atoms with E-state index in [0.29, 0.717) is 11.3 Å². The van der Waals surface area contributed by atoms with E-state index in [9.17, 15) is 18.7 Å². The van der Waals surface area contributed by atoms with Gasteiger partial charge in [0.25, 0.3) is 0 Å². The maximum Gasteiger partial charge on any atom is 0.387 e. The molecule has 0 spiro atoms. The molecule has 1 fully saturated rings. The first-order valence-electron chi connectivity index (χ1n) is 12.1. The van der Waals surface area contributed by atoms with Crippen LogP contribution in [0.5, 0.6) is 11.5 Å². The monoisotopic (exact) mass is 512 g/mol. The number of carbonyl (C=O) groups is 1. The van der Waals surface area contributed by atoms with Crippen LogP contribution in [0.4, 0.5) is 37.6 Å². The summed E-state index contributed by atoms with van der Waals surface area (Å²) in [7, 11) is 2.04. The second-order valence-corrected chi connectivity index (χ2v) is 8.77. The molecule has 2 aromatic carbocycles. The maximum absolute atomic E-state index is 13.2. The van der Waals surface area contributed by atoms with Crippen LogP contribution in [0.1, 0.15) is 29.3 Å². The van der Waals surface area contributed by atoms with Gasteiger partial charge in [0.15, 0.2) is 23.6 Å². The van der Waals surface area contributed by atoms with E-state index in [1.165, 1.54) is 6.20 Å². The number of aromatic nitrogens is 2. The molecule has 0 atom stereocenters. The number of likely N-dealkylation sites (N-methyl/N-ethyl adjacent to an activating group) is 1. The van der Waals surface area contributed by atoms with Crippen LogP contribution in [-0.4, -0.2) is 66.1 Å². The molecule has 196 valence electrons. The molecule has 1 aliphatic rings. The molecule has 2 heterocycles. The van der Waals surface area contributed by atoms with Crippen molar-refractivity contribution in [3.8, 4) is 11.5 Å². The molecule has 0 radical (unpaired) electrons. The number of alkyl halides is 2. The molecule has 3 N–H and O–H groups in total. The minimum Gasteiger partial charge on any atom is -0.503 e. The van der Waals surface area contributed by atoms with Gasteiger partial charge >= 0.3 is 6.61 Å². The number of halogens is 2. The summed E-state index contributed by atoms with van der Waals surface area (Å²) in [6.07, 6.45) is 3.54. The van der Waals surface area contributed by atoms with E-state index < -0.39 is 6.61 Å². The Morgan fingerprint density at radius 2 is 1.92 bits per heavy atom. The average molecular weight is 513 g/mol. The molecule has 1 saturated heterocycles. The summed E-state index contributed by atoms with van der Waals surface area (Å²) in [6.45, 7) is 2.29. The summed E-state index contributed by atoms with van der Waals surface area (Å²) >= 11 is 0. The molecule has 1 aromatic heterocycles. The third kappa shape index (κ3) is 6.42. The number of anilines is 5. The van der Waals surface area contributed by atoms with E-state index in [0.717, 1.165) is 56.6 Å². The summed E-state index contributed by atoms with van der Waals surface area (Å²) in [5.74, 6) is -0.186. The Hall–Kier alpha value is -3.99. The standard InChI is InChI=1S/C26H30F2N6O3/c1-3-5-17-6-4-7-20(19(17)16-35)30-24-22(36)15-29-26(32-24)31-21-9-8-18(14-23(21)37-25(27)28)34-12-10-33(2)11-13-34/h4,6-9,14-16,25,36H,3,5,10-13H2,1-2H3,(H2,29,30,31,32). The van der Waals surface area contributed by atoms with Crippen molar-refractivity contribution in [1.82, 2.24) is 14.9 Å². The van der Waals surface area contributed by atoms with E-state index in [4.69, 9.17) is 4.74 Å². The van der Waals surface area contributed by atoms with Gasteiger partial charge in [-0.3, -0.25) is 4.79 Å². The number of nitrogens with zero attached hydrogens (tertiary/aromatic N) is 4. The van der Waals surface area contributed by atoms with Crippen LogP contribution in [0.2, 0.25) is 0 Å². The summed E-state index contributed by atoms with van der Waals surface area (Å²) in [6, 6.07) is 10.4. The third-order valence-corrected chi connectivity index (χ3v) is 6.15. The van der Waals surface area contributed by atoms with Gasteiger partial charge in [0, 0.05) is 43.5 Å². The molecule has 11 heteroatoms. The minimum absolute atomic E-state index is 0.0455. The Kier molecular flexibility index (Phi) is 8.34. The van der Waals surface area contributed by atoms with Gasteiger partial charge in [-0.25, -0.2) is 4.98 Å². The number of aromatic hydroxyl groups is 1. The average Bonchev–Trinajstić information content (AvgIpc) is 2.87. The number of carbonyl (C=O) groups excluding carboxylic acids is 1. The van der Waals surface area contributed by atoms with Gasteiger partial charge in [0.2, 0.25) is 5.95 Å². The molecule has 0 aliphatic carbocycles. The van der Waals surface area contributed by atoms with E-state index >= 15 is 0 Å². The minimum atomic E-state index is -3.02. The van der Waals surface area contributed by atoms with Gasteiger partial charge in [-0.2, -0.15) is 13.8 Å². The summed E-state index contributed by atoms with van der Waals surface area (Å²) in [5.41, 5.74) is 2.86. The fourth-order valence-electron chi connectivity index (χ4n) is 4.19. The quantitative estimate of drug-likeness (QED) is 0.331. The fraction of sp³-hybridized carbons (Fsp3) is 0.346. The van der Waals surface area contributed by atoms with Gasteiger partial charge in [0.1, 0.15) is 0 Å². The highest BCUT2D eigenvalue weighted by molar-refractivity contribution is 5.88. The number of ether oxygens (including phenoxy) is 1. The topological polar surface area (TPSA) is 103 Å². The van der Waals surface area contributed by atoms with Crippen molar-refractivity contribution in [3.05, 3.63) is 53.7 Å². The van der Waals surface area contributed by atoms with Crippen LogP contribution in [0, 0.1) is 0 Å². The molecule has 0 saturated carbocycles. The van der Waals surface area contributed by atoms with Gasteiger partial charge in [-0.15, -0.1) is 0 Å². The molecule has 9 nitrogen and oxygen atoms in total. The van der Waals surface area contributed by atoms with Crippen molar-refractivity contribution in [2.45, 2.75) is 26.4 Å². The van der Waals surface area contributed by atoms with Crippen molar-refractivity contribution < 1.29 is 23.4 Å². The maximum atomic E-state index is 13.2. The molecule has 0 unspecified atom stereocenters. The lowest BCUT2D eigenvalue weighted by molar-refractivity contribution is -0.0493. The van der Waals surface area contributed by atoms with E-state index in [1.807, 2.05) is 32.2 Å². The number of rotatable bonds is 10. The van der Waals surface area contributed by atoms with Crippen molar-refractivity contribution in [2.24, 2.45) is 0 Å². The van der Waals surface area contributed by atoms with Gasteiger partial charge < -0.3 is 30.3 Å². The first kappa shape index (κ1) is 26.1. The highest BCUT2D eigenvalue weighted by Gasteiger charge is 2.19. The Labute approximate surface area is 214 Å². The van der Waals surface area contributed by atoms with Crippen molar-refractivity contribution in [1.29, 1.82) is 0 Å². The van der Waals surface area contributed by atoms with Gasteiger partial charge in [-0.1, -0.05) is 25.5 Å². The SMILES string of the molecule is CCCc1cccc(Nc2nc(Nc3ccc(N4CCN(C)CC4)cc3OC(F)F)ncc2O)c1C=O. The lowest BCUT2D eigenvalue weighted by atomic mass is 10.0. The van der Waals surface area contributed by atoms with E-state index in [-0.39, 0.29) is 29.0 Å². The van der Waals surface area contributed by atoms with E-state index in [1.54, 1.807) is 18.2 Å². The zero-order chi connectivity index (χ0) is 26.4. The molecule has 1 aliphatic heterocycles.